The molecule has 0 amide bonds. The monoisotopic (exact) mass is 428 g/mol. The van der Waals surface area contributed by atoms with Crippen molar-refractivity contribution in [3.8, 4) is 5.75 Å². The molecule has 3 heterocycles. The topological polar surface area (TPSA) is 91.2 Å². The summed E-state index contributed by atoms with van der Waals surface area (Å²) in [4.78, 5) is 13.4. The van der Waals surface area contributed by atoms with E-state index in [-0.39, 0.29) is 23.3 Å². The number of hydrogen-bond donors (Lipinski definition) is 1. The average molecular weight is 428 g/mol. The molecule has 0 bridgehead atoms. The number of nitrogens with two attached hydrogens (primary N) is 1. The molecule has 10 heteroatoms. The summed E-state index contributed by atoms with van der Waals surface area (Å²) in [6.07, 6.45) is -2.34. The molecule has 0 unspecified atom stereocenters. The van der Waals surface area contributed by atoms with Gasteiger partial charge in [0.05, 0.1) is 13.5 Å². The van der Waals surface area contributed by atoms with Gasteiger partial charge < -0.3 is 10.5 Å². The maximum Gasteiger partial charge on any atom is 0.393 e. The molecule has 0 saturated heterocycles. The molecule has 0 spiro atoms. The van der Waals surface area contributed by atoms with Crippen LogP contribution in [0.2, 0.25) is 0 Å². The van der Waals surface area contributed by atoms with Crippen molar-refractivity contribution >= 4 is 22.5 Å². The number of alkyl halides is 3. The molecule has 160 valence electrons. The predicted octanol–water partition coefficient (Wildman–Crippen LogP) is 4.03. The zero-order chi connectivity index (χ0) is 21.8. The van der Waals surface area contributed by atoms with Gasteiger partial charge >= 0.3 is 6.18 Å². The number of rotatable bonds is 4. The van der Waals surface area contributed by atoms with Crippen LogP contribution in [0.1, 0.15) is 41.8 Å². The molecular weight excluding hydrogens is 409 g/mol. The Labute approximate surface area is 175 Å². The molecule has 7 nitrogen and oxygen atoms in total. The lowest BCUT2D eigenvalue weighted by Crippen LogP contribution is -2.22. The Morgan fingerprint density at radius 2 is 1.94 bits per heavy atom. The minimum Gasteiger partial charge on any atom is -0.494 e. The molecule has 3 aromatic heterocycles. The highest BCUT2D eigenvalue weighted by Crippen LogP contribution is 2.46. The molecular formula is C21H19F3N6O. The predicted molar refractivity (Wildman–Crippen MR) is 108 cm³/mol. The minimum atomic E-state index is -4.23. The number of methoxy groups -OCH3 is 1. The Morgan fingerprint density at radius 1 is 1.13 bits per heavy atom. The third-order valence-corrected chi connectivity index (χ3v) is 5.70. The molecule has 1 aliphatic carbocycles. The molecule has 2 N–H and O–H groups in total. The molecule has 31 heavy (non-hydrogen) atoms. The van der Waals surface area contributed by atoms with Crippen LogP contribution in [0.3, 0.4) is 0 Å². The van der Waals surface area contributed by atoms with Crippen molar-refractivity contribution in [3.05, 3.63) is 53.6 Å². The van der Waals surface area contributed by atoms with Gasteiger partial charge in [0.15, 0.2) is 11.5 Å². The van der Waals surface area contributed by atoms with Crippen LogP contribution >= 0.6 is 0 Å². The number of nitrogens with zero attached hydrogens (tertiary/aromatic N) is 5. The molecule has 0 radical (unpaired) electrons. The number of hydrogen-bond acceptors (Lipinski definition) is 6. The molecule has 4 aromatic rings. The third kappa shape index (κ3) is 3.51. The summed E-state index contributed by atoms with van der Waals surface area (Å²) in [5.41, 5.74) is 8.31. The smallest absolute Gasteiger partial charge is 0.393 e. The third-order valence-electron chi connectivity index (χ3n) is 5.70. The number of halogens is 3. The fraction of sp³-hybridized carbons (Fsp3) is 0.333. The number of benzene rings is 1. The van der Waals surface area contributed by atoms with Gasteiger partial charge in [-0.1, -0.05) is 12.1 Å². The van der Waals surface area contributed by atoms with Gasteiger partial charge in [-0.15, -0.1) is 5.10 Å². The van der Waals surface area contributed by atoms with Crippen molar-refractivity contribution in [2.75, 3.05) is 12.8 Å². The maximum absolute atomic E-state index is 12.5. The Bertz CT molecular complexity index is 1260. The van der Waals surface area contributed by atoms with Gasteiger partial charge in [-0.3, -0.25) is 4.98 Å². The summed E-state index contributed by atoms with van der Waals surface area (Å²) in [5.74, 6) is 1.81. The molecule has 5 rings (SSSR count). The van der Waals surface area contributed by atoms with Gasteiger partial charge in [0.2, 0.25) is 5.95 Å². The van der Waals surface area contributed by atoms with E-state index in [1.807, 2.05) is 18.2 Å². The van der Waals surface area contributed by atoms with Crippen molar-refractivity contribution in [2.24, 2.45) is 0 Å². The van der Waals surface area contributed by atoms with E-state index < -0.39 is 12.6 Å². The standard InChI is InChI=1S/C21H19F3N6O/c1-31-16-4-2-3-14-17(16)27-20(25)30-19(14)28-18(29-30)13-7-12(8-13)15-6-5-11(10-26-15)9-21(22,23)24/h2-6,10,12-13H,7-9H2,1H3,(H2,25,27). The summed E-state index contributed by atoms with van der Waals surface area (Å²) in [7, 11) is 1.57. The highest BCUT2D eigenvalue weighted by atomic mass is 19.4. The second-order valence-corrected chi connectivity index (χ2v) is 7.78. The van der Waals surface area contributed by atoms with E-state index in [0.717, 1.165) is 23.9 Å². The van der Waals surface area contributed by atoms with Crippen LogP contribution in [-0.4, -0.2) is 37.9 Å². The molecule has 0 aliphatic heterocycles. The molecule has 1 aliphatic rings. The van der Waals surface area contributed by atoms with E-state index in [2.05, 4.69) is 15.1 Å². The van der Waals surface area contributed by atoms with E-state index in [9.17, 15) is 13.2 Å². The van der Waals surface area contributed by atoms with Crippen molar-refractivity contribution in [2.45, 2.75) is 37.3 Å². The fourth-order valence-corrected chi connectivity index (χ4v) is 4.06. The number of fused-ring (bicyclic) bond motifs is 3. The van der Waals surface area contributed by atoms with E-state index in [0.29, 0.717) is 22.7 Å². The lowest BCUT2D eigenvalue weighted by molar-refractivity contribution is -0.127. The van der Waals surface area contributed by atoms with Gasteiger partial charge in [0.1, 0.15) is 11.3 Å². The largest absolute Gasteiger partial charge is 0.494 e. The van der Waals surface area contributed by atoms with Crippen LogP contribution in [0.25, 0.3) is 16.6 Å². The molecule has 1 aromatic carbocycles. The highest BCUT2D eigenvalue weighted by molar-refractivity contribution is 5.95. The van der Waals surface area contributed by atoms with E-state index in [1.54, 1.807) is 13.2 Å². The van der Waals surface area contributed by atoms with Crippen LogP contribution in [0.5, 0.6) is 5.75 Å². The number of anilines is 1. The van der Waals surface area contributed by atoms with Gasteiger partial charge in [-0.25, -0.2) is 9.97 Å². The van der Waals surface area contributed by atoms with E-state index in [4.69, 9.17) is 15.5 Å². The van der Waals surface area contributed by atoms with Crippen LogP contribution in [0, 0.1) is 0 Å². The number of pyridine rings is 1. The molecule has 0 atom stereocenters. The zero-order valence-corrected chi connectivity index (χ0v) is 16.6. The Hall–Kier alpha value is -3.43. The normalized spacial score (nSPS) is 19.0. The molecule has 1 fully saturated rings. The highest BCUT2D eigenvalue weighted by Gasteiger charge is 2.35. The number of ether oxygens (including phenoxy) is 1. The summed E-state index contributed by atoms with van der Waals surface area (Å²) >= 11 is 0. The first-order chi connectivity index (χ1) is 14.8. The van der Waals surface area contributed by atoms with Crippen LogP contribution < -0.4 is 10.5 Å². The van der Waals surface area contributed by atoms with E-state index in [1.165, 1.54) is 16.8 Å². The number of aromatic nitrogens is 5. The van der Waals surface area contributed by atoms with Crippen molar-refractivity contribution < 1.29 is 17.9 Å². The van der Waals surface area contributed by atoms with Crippen LogP contribution in [0.4, 0.5) is 19.1 Å². The van der Waals surface area contributed by atoms with Gasteiger partial charge in [-0.05, 0) is 36.6 Å². The maximum atomic E-state index is 12.5. The summed E-state index contributed by atoms with van der Waals surface area (Å²) in [6, 6.07) is 8.75. The average Bonchev–Trinajstić information content (AvgIpc) is 3.12. The first-order valence-electron chi connectivity index (χ1n) is 9.83. The fourth-order valence-electron chi connectivity index (χ4n) is 4.06. The summed E-state index contributed by atoms with van der Waals surface area (Å²) < 4.78 is 44.4. The summed E-state index contributed by atoms with van der Waals surface area (Å²) in [5, 5.41) is 5.35. The van der Waals surface area contributed by atoms with Gasteiger partial charge in [-0.2, -0.15) is 17.7 Å². The first kappa shape index (κ1) is 19.5. The minimum absolute atomic E-state index is 0.126. The SMILES string of the molecule is COc1cccc2c1nc(N)n1nc(C3CC(c4ccc(CC(F)(F)F)cn4)C3)nc21. The quantitative estimate of drug-likeness (QED) is 0.528. The lowest BCUT2D eigenvalue weighted by Gasteiger charge is -2.33. The van der Waals surface area contributed by atoms with E-state index >= 15 is 0 Å². The summed E-state index contributed by atoms with van der Waals surface area (Å²) in [6.45, 7) is 0. The first-order valence-corrected chi connectivity index (χ1v) is 9.83. The second-order valence-electron chi connectivity index (χ2n) is 7.78. The number of nitrogen functional groups attached to an aromatic ring is 1. The van der Waals surface area contributed by atoms with Crippen molar-refractivity contribution in [1.82, 2.24) is 24.6 Å². The molecule has 1 saturated carbocycles. The number of para-hydroxylation sites is 1. The zero-order valence-electron chi connectivity index (χ0n) is 16.6. The van der Waals surface area contributed by atoms with Gasteiger partial charge in [0, 0.05) is 29.1 Å². The van der Waals surface area contributed by atoms with Crippen molar-refractivity contribution in [3.63, 3.8) is 0 Å². The van der Waals surface area contributed by atoms with Crippen LogP contribution in [-0.2, 0) is 6.42 Å². The Kier molecular flexibility index (Phi) is 4.45. The Morgan fingerprint density at radius 3 is 2.61 bits per heavy atom. The second kappa shape index (κ2) is 7.07. The van der Waals surface area contributed by atoms with Crippen LogP contribution in [0.15, 0.2) is 36.5 Å². The Balaban J connectivity index is 1.37. The van der Waals surface area contributed by atoms with Gasteiger partial charge in [0.25, 0.3) is 0 Å². The van der Waals surface area contributed by atoms with Crippen molar-refractivity contribution in [1.29, 1.82) is 0 Å². The lowest BCUT2D eigenvalue weighted by atomic mass is 9.72.